The number of carboxylic acid groups (broad SMARTS) is 1. The zero-order valence-electron chi connectivity index (χ0n) is 20.5. The summed E-state index contributed by atoms with van der Waals surface area (Å²) in [6.45, 7) is 3.84. The van der Waals surface area contributed by atoms with Gasteiger partial charge in [0, 0.05) is 18.7 Å². The topological polar surface area (TPSA) is 76.1 Å². The van der Waals surface area contributed by atoms with E-state index in [4.69, 9.17) is 9.47 Å². The lowest BCUT2D eigenvalue weighted by Gasteiger charge is -2.24. The fourth-order valence-electron chi connectivity index (χ4n) is 3.84. The molecular weight excluding hydrogens is 487 g/mol. The Labute approximate surface area is 213 Å². The minimum atomic E-state index is -4.59. The predicted octanol–water partition coefficient (Wildman–Crippen LogP) is 6.56. The van der Waals surface area contributed by atoms with Crippen LogP contribution in [-0.4, -0.2) is 35.2 Å². The van der Waals surface area contributed by atoms with Gasteiger partial charge in [-0.15, -0.1) is 0 Å². The maximum absolute atomic E-state index is 13.6. The van der Waals surface area contributed by atoms with Crippen LogP contribution in [0.5, 0.6) is 5.75 Å². The number of carboxylic acids is 1. The highest BCUT2D eigenvalue weighted by Gasteiger charge is 2.32. The highest BCUT2D eigenvalue weighted by atomic mass is 19.4. The predicted molar refractivity (Wildman–Crippen MR) is 132 cm³/mol. The van der Waals surface area contributed by atoms with E-state index in [2.05, 4.69) is 0 Å². The third kappa shape index (κ3) is 7.49. The van der Waals surface area contributed by atoms with Crippen molar-refractivity contribution in [3.05, 3.63) is 89.0 Å². The van der Waals surface area contributed by atoms with Crippen molar-refractivity contribution in [3.63, 3.8) is 0 Å². The summed E-state index contributed by atoms with van der Waals surface area (Å²) in [5, 5.41) is 9.21. The quantitative estimate of drug-likeness (QED) is 0.331. The average Bonchev–Trinajstić information content (AvgIpc) is 2.86. The van der Waals surface area contributed by atoms with Gasteiger partial charge < -0.3 is 19.5 Å². The van der Waals surface area contributed by atoms with Crippen molar-refractivity contribution >= 4 is 12.1 Å². The second-order valence-electron chi connectivity index (χ2n) is 8.26. The number of carbonyl (C=O) groups excluding carboxylic acids is 1. The first kappa shape index (κ1) is 27.6. The minimum absolute atomic E-state index is 0.0251. The summed E-state index contributed by atoms with van der Waals surface area (Å²) in [4.78, 5) is 25.4. The van der Waals surface area contributed by atoms with Gasteiger partial charge in [-0.05, 0) is 60.4 Å². The van der Waals surface area contributed by atoms with Crippen LogP contribution in [0.1, 0.15) is 36.1 Å². The van der Waals surface area contributed by atoms with Crippen molar-refractivity contribution in [1.82, 2.24) is 4.90 Å². The monoisotopic (exact) mass is 515 g/mol. The van der Waals surface area contributed by atoms with E-state index in [-0.39, 0.29) is 31.7 Å². The Bertz CT molecular complexity index is 1230. The number of rotatable bonds is 10. The first-order valence-electron chi connectivity index (χ1n) is 11.8. The molecule has 3 aromatic carbocycles. The molecule has 0 unspecified atom stereocenters. The molecule has 196 valence electrons. The molecule has 0 bridgehead atoms. The Kier molecular flexibility index (Phi) is 9.16. The van der Waals surface area contributed by atoms with Gasteiger partial charge in [0.05, 0.1) is 18.6 Å². The van der Waals surface area contributed by atoms with E-state index in [1.165, 1.54) is 11.0 Å². The second-order valence-corrected chi connectivity index (χ2v) is 8.26. The Hall–Kier alpha value is -4.01. The van der Waals surface area contributed by atoms with Crippen molar-refractivity contribution in [2.75, 3.05) is 13.2 Å². The van der Waals surface area contributed by atoms with Crippen molar-refractivity contribution in [1.29, 1.82) is 0 Å². The fraction of sp³-hybridized carbons (Fsp3) is 0.286. The molecule has 3 aromatic rings. The summed E-state index contributed by atoms with van der Waals surface area (Å²) in [5.74, 6) is -0.645. The van der Waals surface area contributed by atoms with Crippen LogP contribution < -0.4 is 4.74 Å². The molecular formula is C28H28F3NO5. The molecule has 0 aliphatic heterocycles. The van der Waals surface area contributed by atoms with Gasteiger partial charge in [-0.2, -0.15) is 13.2 Å². The van der Waals surface area contributed by atoms with E-state index in [9.17, 15) is 27.9 Å². The number of hydrogen-bond donors (Lipinski definition) is 1. The number of aliphatic carboxylic acids is 1. The number of benzene rings is 3. The molecule has 0 heterocycles. The highest BCUT2D eigenvalue weighted by Crippen LogP contribution is 2.38. The van der Waals surface area contributed by atoms with Gasteiger partial charge in [0.1, 0.15) is 12.4 Å². The molecule has 3 rings (SSSR count). The van der Waals surface area contributed by atoms with Crippen LogP contribution in [0.4, 0.5) is 18.0 Å². The number of ether oxygens (including phenoxy) is 2. The Morgan fingerprint density at radius 1 is 0.919 bits per heavy atom. The van der Waals surface area contributed by atoms with E-state index in [0.717, 1.165) is 17.7 Å². The van der Waals surface area contributed by atoms with E-state index < -0.39 is 23.8 Å². The van der Waals surface area contributed by atoms with Crippen LogP contribution in [0.25, 0.3) is 11.1 Å². The lowest BCUT2D eigenvalue weighted by atomic mass is 9.94. The molecule has 0 aliphatic carbocycles. The normalized spacial score (nSPS) is 11.2. The summed E-state index contributed by atoms with van der Waals surface area (Å²) in [6.07, 6.45) is -5.52. The fourth-order valence-corrected chi connectivity index (χ4v) is 3.84. The van der Waals surface area contributed by atoms with E-state index in [0.29, 0.717) is 29.0 Å². The number of amides is 1. The van der Waals surface area contributed by atoms with Gasteiger partial charge in [0.25, 0.3) is 0 Å². The molecule has 1 N–H and O–H groups in total. The van der Waals surface area contributed by atoms with Gasteiger partial charge in [-0.1, -0.05) is 42.5 Å². The summed E-state index contributed by atoms with van der Waals surface area (Å²) in [7, 11) is 0. The van der Waals surface area contributed by atoms with Gasteiger partial charge >= 0.3 is 18.2 Å². The zero-order valence-corrected chi connectivity index (χ0v) is 20.5. The molecule has 0 fully saturated rings. The maximum atomic E-state index is 13.6. The maximum Gasteiger partial charge on any atom is 0.416 e. The van der Waals surface area contributed by atoms with Crippen LogP contribution in [-0.2, 0) is 35.3 Å². The van der Waals surface area contributed by atoms with Crippen molar-refractivity contribution < 1.29 is 37.3 Å². The smallest absolute Gasteiger partial charge is 0.416 e. The molecule has 37 heavy (non-hydrogen) atoms. The van der Waals surface area contributed by atoms with Crippen LogP contribution in [0, 0.1) is 0 Å². The third-order valence-corrected chi connectivity index (χ3v) is 5.63. The molecule has 0 atom stereocenters. The molecule has 0 aromatic heterocycles. The summed E-state index contributed by atoms with van der Waals surface area (Å²) >= 11 is 0. The van der Waals surface area contributed by atoms with Crippen LogP contribution >= 0.6 is 0 Å². The molecule has 0 saturated carbocycles. The van der Waals surface area contributed by atoms with Crippen LogP contribution in [0.3, 0.4) is 0 Å². The Morgan fingerprint density at radius 3 is 2.27 bits per heavy atom. The van der Waals surface area contributed by atoms with E-state index in [1.807, 2.05) is 18.2 Å². The molecule has 0 aliphatic rings. The molecule has 0 saturated heterocycles. The van der Waals surface area contributed by atoms with Gasteiger partial charge in [-0.3, -0.25) is 4.79 Å². The highest BCUT2D eigenvalue weighted by molar-refractivity contribution is 5.77. The van der Waals surface area contributed by atoms with Crippen molar-refractivity contribution in [2.45, 2.75) is 39.6 Å². The first-order valence-corrected chi connectivity index (χ1v) is 11.8. The summed E-state index contributed by atoms with van der Waals surface area (Å²) in [5.41, 5.74) is 1.45. The number of hydrogen-bond acceptors (Lipinski definition) is 4. The first-order chi connectivity index (χ1) is 17.6. The van der Waals surface area contributed by atoms with E-state index in [1.54, 1.807) is 44.2 Å². The number of nitrogens with zero attached hydrogens (tertiary/aromatic N) is 1. The summed E-state index contributed by atoms with van der Waals surface area (Å²) in [6, 6.07) is 17.1. The number of carbonyl (C=O) groups is 2. The average molecular weight is 516 g/mol. The standard InChI is InChI=1S/C28H28F3NO5/c1-3-32(27(35)37-18-19-8-6-5-7-9-19)17-21-16-22(28(29,30)31)11-12-23(21)24-14-20(15-26(33)34)10-13-25(24)36-4-2/h5-14,16H,3-4,15,17-18H2,1-2H3,(H,33,34). The molecule has 6 nitrogen and oxygen atoms in total. The Morgan fingerprint density at radius 2 is 1.65 bits per heavy atom. The van der Waals surface area contributed by atoms with Gasteiger partial charge in [0.2, 0.25) is 0 Å². The van der Waals surface area contributed by atoms with Crippen molar-refractivity contribution in [3.8, 4) is 16.9 Å². The van der Waals surface area contributed by atoms with E-state index >= 15 is 0 Å². The largest absolute Gasteiger partial charge is 0.493 e. The number of alkyl halides is 3. The molecule has 9 heteroatoms. The van der Waals surface area contributed by atoms with Crippen LogP contribution in [0.2, 0.25) is 0 Å². The van der Waals surface area contributed by atoms with Gasteiger partial charge in [-0.25, -0.2) is 4.79 Å². The molecule has 0 radical (unpaired) electrons. The lowest BCUT2D eigenvalue weighted by molar-refractivity contribution is -0.138. The second kappa shape index (κ2) is 12.3. The van der Waals surface area contributed by atoms with Crippen molar-refractivity contribution in [2.24, 2.45) is 0 Å². The molecule has 0 spiro atoms. The van der Waals surface area contributed by atoms with Crippen LogP contribution in [0.15, 0.2) is 66.7 Å². The lowest BCUT2D eigenvalue weighted by Crippen LogP contribution is -2.31. The SMILES string of the molecule is CCOc1ccc(CC(=O)O)cc1-c1ccc(C(F)(F)F)cc1CN(CC)C(=O)OCc1ccccc1. The zero-order chi connectivity index (χ0) is 27.0. The Balaban J connectivity index is 2.01. The molecule has 1 amide bonds. The minimum Gasteiger partial charge on any atom is -0.493 e. The summed E-state index contributed by atoms with van der Waals surface area (Å²) < 4.78 is 51.9. The third-order valence-electron chi connectivity index (χ3n) is 5.63. The van der Waals surface area contributed by atoms with Gasteiger partial charge in [0.15, 0.2) is 0 Å². The number of halogens is 3.